The molecule has 1 saturated heterocycles. The van der Waals surface area contributed by atoms with Crippen molar-refractivity contribution in [2.24, 2.45) is 11.7 Å². The summed E-state index contributed by atoms with van der Waals surface area (Å²) in [6, 6.07) is 5.56. The third-order valence-corrected chi connectivity index (χ3v) is 3.63. The van der Waals surface area contributed by atoms with Crippen LogP contribution < -0.4 is 5.73 Å². The zero-order valence-corrected chi connectivity index (χ0v) is 10.8. The van der Waals surface area contributed by atoms with Crippen molar-refractivity contribution in [3.63, 3.8) is 0 Å². The molecule has 0 saturated carbocycles. The number of benzene rings is 1. The van der Waals surface area contributed by atoms with E-state index in [0.717, 1.165) is 36.2 Å². The molecule has 1 fully saturated rings. The molecule has 1 aromatic carbocycles. The molecule has 1 atom stereocenters. The second kappa shape index (κ2) is 5.17. The molecule has 0 amide bonds. The van der Waals surface area contributed by atoms with E-state index in [1.165, 1.54) is 6.42 Å². The molecule has 1 heterocycles. The van der Waals surface area contributed by atoms with Gasteiger partial charge in [-0.05, 0) is 43.6 Å². The average molecular weight is 285 g/mol. The van der Waals surface area contributed by atoms with E-state index in [2.05, 4.69) is 20.8 Å². The molecular formula is C12H17BrN2O. The summed E-state index contributed by atoms with van der Waals surface area (Å²) in [5.41, 5.74) is 6.64. The summed E-state index contributed by atoms with van der Waals surface area (Å²) in [6.07, 6.45) is 1.17. The van der Waals surface area contributed by atoms with Crippen LogP contribution in [0.25, 0.3) is 0 Å². The van der Waals surface area contributed by atoms with E-state index in [0.29, 0.717) is 11.7 Å². The average Bonchev–Trinajstić information content (AvgIpc) is 2.71. The predicted molar refractivity (Wildman–Crippen MR) is 68.2 cm³/mol. The Bertz CT molecular complexity index is 370. The van der Waals surface area contributed by atoms with Crippen LogP contribution in [0, 0.1) is 5.92 Å². The maximum atomic E-state index is 9.75. The molecule has 3 nitrogen and oxygen atoms in total. The first-order chi connectivity index (χ1) is 7.69. The highest BCUT2D eigenvalue weighted by molar-refractivity contribution is 9.10. The van der Waals surface area contributed by atoms with Crippen LogP contribution in [0.4, 0.5) is 0 Å². The van der Waals surface area contributed by atoms with Gasteiger partial charge in [0.25, 0.3) is 0 Å². The number of likely N-dealkylation sites (tertiary alicyclic amines) is 1. The van der Waals surface area contributed by atoms with Gasteiger partial charge in [0.2, 0.25) is 0 Å². The third kappa shape index (κ3) is 2.75. The molecule has 4 heteroatoms. The lowest BCUT2D eigenvalue weighted by molar-refractivity contribution is 0.311. The molecule has 1 aromatic rings. The summed E-state index contributed by atoms with van der Waals surface area (Å²) in [5.74, 6) is 0.994. The zero-order chi connectivity index (χ0) is 11.5. The number of hydrogen-bond acceptors (Lipinski definition) is 3. The van der Waals surface area contributed by atoms with Crippen LogP contribution in [0.2, 0.25) is 0 Å². The Morgan fingerprint density at radius 1 is 1.50 bits per heavy atom. The van der Waals surface area contributed by atoms with Crippen LogP contribution in [0.3, 0.4) is 0 Å². The predicted octanol–water partition coefficient (Wildman–Crippen LogP) is 1.94. The first kappa shape index (κ1) is 11.9. The second-order valence-electron chi connectivity index (χ2n) is 4.40. The highest BCUT2D eigenvalue weighted by Crippen LogP contribution is 2.25. The first-order valence-corrected chi connectivity index (χ1v) is 6.38. The van der Waals surface area contributed by atoms with Crippen molar-refractivity contribution in [3.8, 4) is 5.75 Å². The Hall–Kier alpha value is -0.580. The van der Waals surface area contributed by atoms with E-state index in [9.17, 15) is 5.11 Å². The maximum Gasteiger partial charge on any atom is 0.120 e. The van der Waals surface area contributed by atoms with Crippen molar-refractivity contribution < 1.29 is 5.11 Å². The first-order valence-electron chi connectivity index (χ1n) is 5.59. The molecule has 2 rings (SSSR count). The van der Waals surface area contributed by atoms with Gasteiger partial charge >= 0.3 is 0 Å². The van der Waals surface area contributed by atoms with Crippen LogP contribution in [0.5, 0.6) is 5.75 Å². The summed E-state index contributed by atoms with van der Waals surface area (Å²) < 4.78 is 1.01. The number of aromatic hydroxyl groups is 1. The van der Waals surface area contributed by atoms with Gasteiger partial charge in [0.05, 0.1) is 0 Å². The summed E-state index contributed by atoms with van der Waals surface area (Å²) >= 11 is 3.42. The Morgan fingerprint density at radius 3 is 3.00 bits per heavy atom. The molecule has 1 aliphatic heterocycles. The van der Waals surface area contributed by atoms with Gasteiger partial charge in [0.15, 0.2) is 0 Å². The van der Waals surface area contributed by atoms with Crippen molar-refractivity contribution in [1.29, 1.82) is 0 Å². The number of hydrogen-bond donors (Lipinski definition) is 2. The Balaban J connectivity index is 2.01. The highest BCUT2D eigenvalue weighted by atomic mass is 79.9. The van der Waals surface area contributed by atoms with E-state index < -0.39 is 0 Å². The minimum Gasteiger partial charge on any atom is -0.508 e. The fourth-order valence-electron chi connectivity index (χ4n) is 2.17. The van der Waals surface area contributed by atoms with Crippen molar-refractivity contribution in [2.75, 3.05) is 19.6 Å². The van der Waals surface area contributed by atoms with Gasteiger partial charge in [0, 0.05) is 23.1 Å². The number of nitrogens with two attached hydrogens (primary N) is 1. The smallest absolute Gasteiger partial charge is 0.120 e. The van der Waals surface area contributed by atoms with E-state index in [1.54, 1.807) is 6.07 Å². The van der Waals surface area contributed by atoms with Crippen molar-refractivity contribution >= 4 is 15.9 Å². The summed E-state index contributed by atoms with van der Waals surface area (Å²) in [6.45, 7) is 3.69. The van der Waals surface area contributed by atoms with E-state index in [1.807, 2.05) is 12.1 Å². The standard InChI is InChI=1S/C12H17BrN2O/c13-11-1-2-12(16)10(5-11)8-15-4-3-9(6-14)7-15/h1-2,5,9,16H,3-4,6-8,14H2. The second-order valence-corrected chi connectivity index (χ2v) is 5.31. The van der Waals surface area contributed by atoms with Gasteiger partial charge in [-0.3, -0.25) is 4.90 Å². The van der Waals surface area contributed by atoms with Crippen LogP contribution in [-0.2, 0) is 6.54 Å². The van der Waals surface area contributed by atoms with Crippen LogP contribution in [-0.4, -0.2) is 29.6 Å². The fourth-order valence-corrected chi connectivity index (χ4v) is 2.58. The molecule has 1 aliphatic rings. The number of rotatable bonds is 3. The molecule has 88 valence electrons. The Kier molecular flexibility index (Phi) is 3.84. The molecule has 0 aliphatic carbocycles. The van der Waals surface area contributed by atoms with Gasteiger partial charge in [-0.1, -0.05) is 15.9 Å². The highest BCUT2D eigenvalue weighted by Gasteiger charge is 2.21. The van der Waals surface area contributed by atoms with Gasteiger partial charge < -0.3 is 10.8 Å². The van der Waals surface area contributed by atoms with E-state index in [-0.39, 0.29) is 0 Å². The maximum absolute atomic E-state index is 9.75. The number of halogens is 1. The quantitative estimate of drug-likeness (QED) is 0.892. The molecule has 0 bridgehead atoms. The number of phenols is 1. The molecule has 0 radical (unpaired) electrons. The van der Waals surface area contributed by atoms with E-state index >= 15 is 0 Å². The molecule has 0 spiro atoms. The molecule has 16 heavy (non-hydrogen) atoms. The minimum absolute atomic E-state index is 0.374. The van der Waals surface area contributed by atoms with Crippen LogP contribution in [0.15, 0.2) is 22.7 Å². The SMILES string of the molecule is NCC1CCN(Cc2cc(Br)ccc2O)C1. The number of nitrogens with zero attached hydrogens (tertiary/aromatic N) is 1. The third-order valence-electron chi connectivity index (χ3n) is 3.14. The molecule has 1 unspecified atom stereocenters. The topological polar surface area (TPSA) is 49.5 Å². The fraction of sp³-hybridized carbons (Fsp3) is 0.500. The van der Waals surface area contributed by atoms with Crippen LogP contribution >= 0.6 is 15.9 Å². The van der Waals surface area contributed by atoms with Gasteiger partial charge in [-0.15, -0.1) is 0 Å². The monoisotopic (exact) mass is 284 g/mol. The van der Waals surface area contributed by atoms with Crippen LogP contribution in [0.1, 0.15) is 12.0 Å². The van der Waals surface area contributed by atoms with Crippen molar-refractivity contribution in [1.82, 2.24) is 4.90 Å². The van der Waals surface area contributed by atoms with Gasteiger partial charge in [-0.25, -0.2) is 0 Å². The normalized spacial score (nSPS) is 21.5. The molecule has 3 N–H and O–H groups in total. The Morgan fingerprint density at radius 2 is 2.31 bits per heavy atom. The van der Waals surface area contributed by atoms with E-state index in [4.69, 9.17) is 5.73 Å². The lowest BCUT2D eigenvalue weighted by Crippen LogP contribution is -2.22. The summed E-state index contributed by atoms with van der Waals surface area (Å²) in [7, 11) is 0. The largest absolute Gasteiger partial charge is 0.508 e. The lowest BCUT2D eigenvalue weighted by Gasteiger charge is -2.16. The Labute approximate surface area is 104 Å². The van der Waals surface area contributed by atoms with Crippen molar-refractivity contribution in [3.05, 3.63) is 28.2 Å². The zero-order valence-electron chi connectivity index (χ0n) is 9.19. The summed E-state index contributed by atoms with van der Waals surface area (Å²) in [5, 5.41) is 9.75. The van der Waals surface area contributed by atoms with Crippen molar-refractivity contribution in [2.45, 2.75) is 13.0 Å². The molecular weight excluding hydrogens is 268 g/mol. The summed E-state index contributed by atoms with van der Waals surface area (Å²) in [4.78, 5) is 2.35. The van der Waals surface area contributed by atoms with Gasteiger partial charge in [-0.2, -0.15) is 0 Å². The molecule has 0 aromatic heterocycles. The lowest BCUT2D eigenvalue weighted by atomic mass is 10.1. The minimum atomic E-state index is 0.374. The number of phenolic OH excluding ortho intramolecular Hbond substituents is 1. The van der Waals surface area contributed by atoms with Gasteiger partial charge in [0.1, 0.15) is 5.75 Å².